The van der Waals surface area contributed by atoms with Crippen LogP contribution in [0.15, 0.2) is 40.9 Å². The minimum atomic E-state index is -0.112. The minimum Gasteiger partial charge on any atom is -0.493 e. The lowest BCUT2D eigenvalue weighted by molar-refractivity contribution is -0.121. The van der Waals surface area contributed by atoms with Crippen molar-refractivity contribution in [3.8, 4) is 17.2 Å². The van der Waals surface area contributed by atoms with Crippen molar-refractivity contribution in [2.75, 3.05) is 41.1 Å². The SMILES string of the molecule is COc1ccc(CCC(=O)NCC2(c3cccc(Br)c3)CCOCC2)c(OC)c1OC. The van der Waals surface area contributed by atoms with Gasteiger partial charge in [0.1, 0.15) is 0 Å². The van der Waals surface area contributed by atoms with Crippen LogP contribution < -0.4 is 19.5 Å². The molecule has 2 aromatic rings. The average molecular weight is 492 g/mol. The quantitative estimate of drug-likeness (QED) is 0.567. The molecule has 6 nitrogen and oxygen atoms in total. The van der Waals surface area contributed by atoms with Gasteiger partial charge in [0.25, 0.3) is 0 Å². The van der Waals surface area contributed by atoms with Gasteiger partial charge in [-0.1, -0.05) is 34.1 Å². The summed E-state index contributed by atoms with van der Waals surface area (Å²) >= 11 is 3.57. The van der Waals surface area contributed by atoms with Crippen molar-refractivity contribution in [3.05, 3.63) is 52.0 Å². The number of methoxy groups -OCH3 is 3. The molecule has 1 saturated heterocycles. The fourth-order valence-corrected chi connectivity index (χ4v) is 4.51. The first kappa shape index (κ1) is 23.4. The standard InChI is InChI=1S/C24H30BrNO5/c1-28-20-9-7-17(22(29-2)23(20)30-3)8-10-21(27)26-16-24(11-13-31-14-12-24)18-5-4-6-19(25)15-18/h4-7,9,15H,8,10-14,16H2,1-3H3,(H,26,27). The highest BCUT2D eigenvalue weighted by Gasteiger charge is 2.35. The zero-order chi connectivity index (χ0) is 22.3. The molecule has 0 bridgehead atoms. The number of halogens is 1. The van der Waals surface area contributed by atoms with E-state index in [4.69, 9.17) is 18.9 Å². The molecule has 1 amide bonds. The predicted octanol–water partition coefficient (Wildman–Crippen LogP) is 4.27. The first-order chi connectivity index (χ1) is 15.0. The van der Waals surface area contributed by atoms with Gasteiger partial charge in [-0.3, -0.25) is 4.79 Å². The first-order valence-corrected chi connectivity index (χ1v) is 11.2. The molecule has 0 spiro atoms. The van der Waals surface area contributed by atoms with Gasteiger partial charge in [-0.25, -0.2) is 0 Å². The number of hydrogen-bond acceptors (Lipinski definition) is 5. The van der Waals surface area contributed by atoms with Crippen LogP contribution in [0.25, 0.3) is 0 Å². The van der Waals surface area contributed by atoms with E-state index in [0.29, 0.717) is 49.8 Å². The van der Waals surface area contributed by atoms with Gasteiger partial charge in [0.2, 0.25) is 11.7 Å². The molecule has 1 fully saturated rings. The van der Waals surface area contributed by atoms with E-state index in [1.54, 1.807) is 21.3 Å². The third-order valence-corrected chi connectivity index (χ3v) is 6.41. The second kappa shape index (κ2) is 10.9. The number of amides is 1. The maximum absolute atomic E-state index is 12.7. The molecule has 31 heavy (non-hydrogen) atoms. The largest absolute Gasteiger partial charge is 0.493 e. The van der Waals surface area contributed by atoms with Crippen molar-refractivity contribution in [2.24, 2.45) is 0 Å². The highest BCUT2D eigenvalue weighted by atomic mass is 79.9. The Kier molecular flexibility index (Phi) is 8.21. The van der Waals surface area contributed by atoms with Gasteiger partial charge in [0.15, 0.2) is 11.5 Å². The Morgan fingerprint density at radius 3 is 2.45 bits per heavy atom. The zero-order valence-electron chi connectivity index (χ0n) is 18.3. The molecule has 0 unspecified atom stereocenters. The summed E-state index contributed by atoms with van der Waals surface area (Å²) in [7, 11) is 4.75. The van der Waals surface area contributed by atoms with Gasteiger partial charge < -0.3 is 24.3 Å². The summed E-state index contributed by atoms with van der Waals surface area (Å²) in [6, 6.07) is 12.1. The molecule has 7 heteroatoms. The Balaban J connectivity index is 1.67. The van der Waals surface area contributed by atoms with Crippen LogP contribution in [0.2, 0.25) is 0 Å². The second-order valence-corrected chi connectivity index (χ2v) is 8.59. The van der Waals surface area contributed by atoms with Crippen LogP contribution >= 0.6 is 15.9 Å². The molecule has 0 radical (unpaired) electrons. The Bertz CT molecular complexity index is 896. The molecule has 168 valence electrons. The minimum absolute atomic E-state index is 0.0118. The van der Waals surface area contributed by atoms with Crippen LogP contribution in [0.5, 0.6) is 17.2 Å². The van der Waals surface area contributed by atoms with E-state index < -0.39 is 0 Å². The molecule has 3 rings (SSSR count). The smallest absolute Gasteiger partial charge is 0.220 e. The summed E-state index contributed by atoms with van der Waals surface area (Å²) < 4.78 is 22.9. The number of ether oxygens (including phenoxy) is 4. The molecule has 1 aliphatic rings. The number of nitrogens with one attached hydrogen (secondary N) is 1. The fourth-order valence-electron chi connectivity index (χ4n) is 4.11. The van der Waals surface area contributed by atoms with E-state index in [0.717, 1.165) is 22.9 Å². The summed E-state index contributed by atoms with van der Waals surface area (Å²) in [6.45, 7) is 1.99. The van der Waals surface area contributed by atoms with Gasteiger partial charge in [0, 0.05) is 36.1 Å². The lowest BCUT2D eigenvalue weighted by Crippen LogP contribution is -2.44. The molecule has 0 atom stereocenters. The molecule has 0 aromatic heterocycles. The van der Waals surface area contributed by atoms with Crippen LogP contribution in [-0.2, 0) is 21.4 Å². The summed E-state index contributed by atoms with van der Waals surface area (Å²) in [5.41, 5.74) is 2.02. The molecule has 1 N–H and O–H groups in total. The summed E-state index contributed by atoms with van der Waals surface area (Å²) in [5.74, 6) is 1.75. The van der Waals surface area contributed by atoms with E-state index in [2.05, 4.69) is 33.4 Å². The highest BCUT2D eigenvalue weighted by molar-refractivity contribution is 9.10. The lowest BCUT2D eigenvalue weighted by Gasteiger charge is -2.38. The topological polar surface area (TPSA) is 66.0 Å². The van der Waals surface area contributed by atoms with Gasteiger partial charge in [-0.2, -0.15) is 0 Å². The van der Waals surface area contributed by atoms with Gasteiger partial charge in [-0.15, -0.1) is 0 Å². The first-order valence-electron chi connectivity index (χ1n) is 10.4. The molecular weight excluding hydrogens is 462 g/mol. The Labute approximate surface area is 192 Å². The molecule has 0 saturated carbocycles. The number of carbonyl (C=O) groups is 1. The molecule has 1 aliphatic heterocycles. The number of hydrogen-bond donors (Lipinski definition) is 1. The van der Waals surface area contributed by atoms with Crippen molar-refractivity contribution in [2.45, 2.75) is 31.1 Å². The fraction of sp³-hybridized carbons (Fsp3) is 0.458. The summed E-state index contributed by atoms with van der Waals surface area (Å²) in [4.78, 5) is 12.7. The highest BCUT2D eigenvalue weighted by Crippen LogP contribution is 2.40. The Morgan fingerprint density at radius 1 is 1.06 bits per heavy atom. The Morgan fingerprint density at radius 2 is 1.81 bits per heavy atom. The maximum Gasteiger partial charge on any atom is 0.220 e. The second-order valence-electron chi connectivity index (χ2n) is 7.67. The van der Waals surface area contributed by atoms with Gasteiger partial charge in [-0.05, 0) is 48.6 Å². The van der Waals surface area contributed by atoms with Crippen LogP contribution in [-0.4, -0.2) is 47.0 Å². The van der Waals surface area contributed by atoms with Crippen molar-refractivity contribution in [3.63, 3.8) is 0 Å². The Hall–Kier alpha value is -2.25. The molecule has 2 aromatic carbocycles. The summed E-state index contributed by atoms with van der Waals surface area (Å²) in [5, 5.41) is 3.16. The number of carbonyl (C=O) groups excluding carboxylic acids is 1. The lowest BCUT2D eigenvalue weighted by atomic mass is 9.74. The summed E-state index contributed by atoms with van der Waals surface area (Å²) in [6.07, 6.45) is 2.67. The van der Waals surface area contributed by atoms with Crippen LogP contribution in [0.4, 0.5) is 0 Å². The van der Waals surface area contributed by atoms with Crippen molar-refractivity contribution < 1.29 is 23.7 Å². The van der Waals surface area contributed by atoms with E-state index >= 15 is 0 Å². The van der Waals surface area contributed by atoms with E-state index in [1.807, 2.05) is 24.3 Å². The van der Waals surface area contributed by atoms with Crippen molar-refractivity contribution >= 4 is 21.8 Å². The molecular formula is C24H30BrNO5. The van der Waals surface area contributed by atoms with Crippen LogP contribution in [0.1, 0.15) is 30.4 Å². The van der Waals surface area contributed by atoms with Gasteiger partial charge in [0.05, 0.1) is 21.3 Å². The van der Waals surface area contributed by atoms with Crippen molar-refractivity contribution in [1.29, 1.82) is 0 Å². The predicted molar refractivity (Wildman–Crippen MR) is 123 cm³/mol. The van der Waals surface area contributed by atoms with Gasteiger partial charge >= 0.3 is 0 Å². The van der Waals surface area contributed by atoms with Crippen LogP contribution in [0.3, 0.4) is 0 Å². The van der Waals surface area contributed by atoms with E-state index in [9.17, 15) is 4.79 Å². The normalized spacial score (nSPS) is 15.2. The van der Waals surface area contributed by atoms with E-state index in [-0.39, 0.29) is 11.3 Å². The third kappa shape index (κ3) is 5.52. The van der Waals surface area contributed by atoms with Crippen molar-refractivity contribution in [1.82, 2.24) is 5.32 Å². The number of aryl methyl sites for hydroxylation is 1. The number of benzene rings is 2. The third-order valence-electron chi connectivity index (χ3n) is 5.92. The van der Waals surface area contributed by atoms with E-state index in [1.165, 1.54) is 5.56 Å². The molecule has 0 aliphatic carbocycles. The maximum atomic E-state index is 12.7. The average Bonchev–Trinajstić information content (AvgIpc) is 2.81. The van der Waals surface area contributed by atoms with Crippen LogP contribution in [0, 0.1) is 0 Å². The molecule has 1 heterocycles. The zero-order valence-corrected chi connectivity index (χ0v) is 19.9. The monoisotopic (exact) mass is 491 g/mol. The number of rotatable bonds is 9.